The van der Waals surface area contributed by atoms with Crippen LogP contribution in [0.25, 0.3) is 10.9 Å². The Bertz CT molecular complexity index is 1130. The summed E-state index contributed by atoms with van der Waals surface area (Å²) >= 11 is 6.02. The molecule has 1 fully saturated rings. The molecule has 1 aliphatic rings. The number of carbonyl (C=O) groups is 3. The van der Waals surface area contributed by atoms with Gasteiger partial charge in [0, 0.05) is 28.9 Å². The fourth-order valence-corrected chi connectivity index (χ4v) is 4.18. The fourth-order valence-electron chi connectivity index (χ4n) is 4.00. The zero-order chi connectivity index (χ0) is 22.0. The number of carboxylic acid groups (broad SMARTS) is 1. The van der Waals surface area contributed by atoms with E-state index in [4.69, 9.17) is 11.6 Å². The van der Waals surface area contributed by atoms with Crippen molar-refractivity contribution in [1.82, 2.24) is 15.2 Å². The smallest absolute Gasteiger partial charge is 0.326 e. The van der Waals surface area contributed by atoms with Gasteiger partial charge in [0.2, 0.25) is 5.91 Å². The van der Waals surface area contributed by atoms with Crippen LogP contribution in [-0.4, -0.2) is 51.4 Å². The molecule has 0 saturated carbocycles. The van der Waals surface area contributed by atoms with Crippen LogP contribution in [0.5, 0.6) is 0 Å². The number of amides is 2. The number of carbonyl (C=O) groups excluding carboxylic acids is 2. The largest absolute Gasteiger partial charge is 0.480 e. The fraction of sp³-hybridized carbons (Fsp3) is 0.261. The number of aromatic amines is 1. The van der Waals surface area contributed by atoms with Crippen molar-refractivity contribution in [3.05, 3.63) is 70.9 Å². The third-order valence-corrected chi connectivity index (χ3v) is 5.77. The van der Waals surface area contributed by atoms with Crippen LogP contribution in [0.3, 0.4) is 0 Å². The molecule has 3 aromatic rings. The van der Waals surface area contributed by atoms with Crippen molar-refractivity contribution in [2.75, 3.05) is 6.54 Å². The van der Waals surface area contributed by atoms with Crippen LogP contribution in [0.2, 0.25) is 5.02 Å². The molecule has 0 radical (unpaired) electrons. The molecule has 7 nitrogen and oxygen atoms in total. The van der Waals surface area contributed by atoms with E-state index >= 15 is 0 Å². The van der Waals surface area contributed by atoms with E-state index in [9.17, 15) is 19.5 Å². The summed E-state index contributed by atoms with van der Waals surface area (Å²) in [6, 6.07) is 14.5. The Kier molecular flexibility index (Phi) is 5.95. The maximum absolute atomic E-state index is 13.3. The van der Waals surface area contributed by atoms with Crippen molar-refractivity contribution in [3.8, 4) is 0 Å². The minimum atomic E-state index is -1.02. The monoisotopic (exact) mass is 439 g/mol. The van der Waals surface area contributed by atoms with Gasteiger partial charge < -0.3 is 20.3 Å². The number of fused-ring (bicyclic) bond motifs is 1. The van der Waals surface area contributed by atoms with Crippen LogP contribution in [0, 0.1) is 0 Å². The van der Waals surface area contributed by atoms with E-state index in [1.165, 1.54) is 4.90 Å². The number of aromatic nitrogens is 1. The predicted octanol–water partition coefficient (Wildman–Crippen LogP) is 3.24. The lowest BCUT2D eigenvalue weighted by Gasteiger charge is -2.27. The molecule has 0 aliphatic carbocycles. The first kappa shape index (κ1) is 20.9. The molecule has 8 heteroatoms. The number of hydrogen-bond donors (Lipinski definition) is 3. The van der Waals surface area contributed by atoms with Gasteiger partial charge >= 0.3 is 5.97 Å². The highest BCUT2D eigenvalue weighted by Crippen LogP contribution is 2.22. The normalized spacial score (nSPS) is 16.9. The number of benzene rings is 2. The molecule has 1 aromatic heterocycles. The molecule has 31 heavy (non-hydrogen) atoms. The van der Waals surface area contributed by atoms with Crippen molar-refractivity contribution in [3.63, 3.8) is 0 Å². The van der Waals surface area contributed by atoms with Gasteiger partial charge in [-0.3, -0.25) is 9.59 Å². The first-order valence-electron chi connectivity index (χ1n) is 10.1. The number of hydrogen-bond acceptors (Lipinski definition) is 3. The van der Waals surface area contributed by atoms with Crippen LogP contribution in [0.15, 0.2) is 54.6 Å². The van der Waals surface area contributed by atoms with Crippen LogP contribution >= 0.6 is 11.6 Å². The summed E-state index contributed by atoms with van der Waals surface area (Å²) in [4.78, 5) is 42.2. The number of rotatable bonds is 6. The molecule has 4 rings (SSSR count). The lowest BCUT2D eigenvalue weighted by atomic mass is 10.0. The summed E-state index contributed by atoms with van der Waals surface area (Å²) in [7, 11) is 0. The number of nitrogens with zero attached hydrogens (tertiary/aromatic N) is 1. The Hall–Kier alpha value is -3.32. The first-order valence-corrected chi connectivity index (χ1v) is 10.5. The Morgan fingerprint density at radius 3 is 2.68 bits per heavy atom. The Labute approximate surface area is 184 Å². The number of aliphatic carboxylic acids is 1. The van der Waals surface area contributed by atoms with Gasteiger partial charge in [0.05, 0.1) is 0 Å². The van der Waals surface area contributed by atoms with E-state index in [2.05, 4.69) is 10.3 Å². The molecular formula is C23H22ClN3O4. The van der Waals surface area contributed by atoms with Crippen molar-refractivity contribution >= 4 is 40.3 Å². The topological polar surface area (TPSA) is 102 Å². The first-order chi connectivity index (χ1) is 14.9. The van der Waals surface area contributed by atoms with Crippen molar-refractivity contribution in [2.45, 2.75) is 31.3 Å². The third kappa shape index (κ3) is 4.56. The van der Waals surface area contributed by atoms with Gasteiger partial charge in [-0.2, -0.15) is 0 Å². The molecular weight excluding hydrogens is 418 g/mol. The molecule has 160 valence electrons. The van der Waals surface area contributed by atoms with E-state index in [0.717, 1.165) is 16.5 Å². The molecule has 2 aromatic carbocycles. The summed E-state index contributed by atoms with van der Waals surface area (Å²) < 4.78 is 0. The van der Waals surface area contributed by atoms with Crippen LogP contribution in [0.1, 0.15) is 28.9 Å². The molecule has 2 atom stereocenters. The van der Waals surface area contributed by atoms with Gasteiger partial charge in [-0.1, -0.05) is 41.9 Å². The van der Waals surface area contributed by atoms with Gasteiger partial charge in [0.15, 0.2) is 0 Å². The SMILES string of the molecule is O=C(NC(Cc1ccccc1)C(=O)N1CCC[C@H]1C(=O)O)c1cc2cc(Cl)ccc2[nH]1. The second kappa shape index (κ2) is 8.81. The summed E-state index contributed by atoms with van der Waals surface area (Å²) in [6.45, 7) is 0.363. The Balaban J connectivity index is 1.59. The van der Waals surface area contributed by atoms with Crippen LogP contribution < -0.4 is 5.32 Å². The number of likely N-dealkylation sites (tertiary alicyclic amines) is 1. The molecule has 2 amide bonds. The highest BCUT2D eigenvalue weighted by Gasteiger charge is 2.37. The highest BCUT2D eigenvalue weighted by atomic mass is 35.5. The molecule has 0 spiro atoms. The van der Waals surface area contributed by atoms with E-state index in [-0.39, 0.29) is 12.3 Å². The quantitative estimate of drug-likeness (QED) is 0.548. The van der Waals surface area contributed by atoms with Crippen molar-refractivity contribution in [1.29, 1.82) is 0 Å². The molecule has 1 saturated heterocycles. The lowest BCUT2D eigenvalue weighted by molar-refractivity contribution is -0.148. The second-order valence-electron chi connectivity index (χ2n) is 7.66. The van der Waals surface area contributed by atoms with E-state index in [1.807, 2.05) is 30.3 Å². The van der Waals surface area contributed by atoms with E-state index in [0.29, 0.717) is 30.1 Å². The Morgan fingerprint density at radius 1 is 1.16 bits per heavy atom. The summed E-state index contributed by atoms with van der Waals surface area (Å²) in [5.41, 5.74) is 1.93. The van der Waals surface area contributed by atoms with E-state index < -0.39 is 24.0 Å². The van der Waals surface area contributed by atoms with E-state index in [1.54, 1.807) is 24.3 Å². The maximum atomic E-state index is 13.3. The number of nitrogens with one attached hydrogen (secondary N) is 2. The van der Waals surface area contributed by atoms with Gasteiger partial charge in [0.1, 0.15) is 17.8 Å². The zero-order valence-electron chi connectivity index (χ0n) is 16.7. The average molecular weight is 440 g/mol. The van der Waals surface area contributed by atoms with Gasteiger partial charge in [0.25, 0.3) is 5.91 Å². The predicted molar refractivity (Wildman–Crippen MR) is 117 cm³/mol. The van der Waals surface area contributed by atoms with Gasteiger partial charge in [-0.05, 0) is 42.7 Å². The summed E-state index contributed by atoms with van der Waals surface area (Å²) in [5, 5.41) is 13.6. The highest BCUT2D eigenvalue weighted by molar-refractivity contribution is 6.31. The van der Waals surface area contributed by atoms with Crippen LogP contribution in [0.4, 0.5) is 0 Å². The van der Waals surface area contributed by atoms with Crippen molar-refractivity contribution < 1.29 is 19.5 Å². The molecule has 2 heterocycles. The minimum Gasteiger partial charge on any atom is -0.480 e. The lowest BCUT2D eigenvalue weighted by Crippen LogP contribution is -2.52. The van der Waals surface area contributed by atoms with Gasteiger partial charge in [-0.25, -0.2) is 4.79 Å². The van der Waals surface area contributed by atoms with Gasteiger partial charge in [-0.15, -0.1) is 0 Å². The van der Waals surface area contributed by atoms with Crippen molar-refractivity contribution in [2.24, 2.45) is 0 Å². The zero-order valence-corrected chi connectivity index (χ0v) is 17.4. The molecule has 3 N–H and O–H groups in total. The average Bonchev–Trinajstić information content (AvgIpc) is 3.40. The minimum absolute atomic E-state index is 0.264. The molecule has 1 aliphatic heterocycles. The number of halogens is 1. The second-order valence-corrected chi connectivity index (χ2v) is 8.09. The summed E-state index contributed by atoms with van der Waals surface area (Å²) in [6.07, 6.45) is 1.30. The number of carboxylic acids is 1. The number of H-pyrrole nitrogens is 1. The molecule has 0 bridgehead atoms. The standard InChI is InChI=1S/C23H22ClN3O4/c24-16-8-9-17-15(12-16)13-18(25-17)21(28)26-19(11-14-5-2-1-3-6-14)22(29)27-10-4-7-20(27)23(30)31/h1-3,5-6,8-9,12-13,19-20,25H,4,7,10-11H2,(H,26,28)(H,30,31)/t19?,20-/m0/s1. The molecule has 1 unspecified atom stereocenters. The Morgan fingerprint density at radius 2 is 1.94 bits per heavy atom. The van der Waals surface area contributed by atoms with Crippen LogP contribution in [-0.2, 0) is 16.0 Å². The maximum Gasteiger partial charge on any atom is 0.326 e. The summed E-state index contributed by atoms with van der Waals surface area (Å²) in [5.74, 6) is -1.85. The third-order valence-electron chi connectivity index (χ3n) is 5.53.